The Kier molecular flexibility index (Phi) is 5.34. The molecule has 0 bridgehead atoms. The molecule has 0 aliphatic carbocycles. The second kappa shape index (κ2) is 7.23. The molecule has 1 atom stereocenters. The van der Waals surface area contributed by atoms with Crippen molar-refractivity contribution in [3.8, 4) is 0 Å². The normalized spacial score (nSPS) is 18.4. The van der Waals surface area contributed by atoms with E-state index < -0.39 is 0 Å². The fraction of sp³-hybridized carbons (Fsp3) is 0.500. The van der Waals surface area contributed by atoms with Crippen molar-refractivity contribution < 1.29 is 14.4 Å². The van der Waals surface area contributed by atoms with Gasteiger partial charge in [-0.3, -0.25) is 4.90 Å². The van der Waals surface area contributed by atoms with E-state index in [1.165, 1.54) is 5.56 Å². The van der Waals surface area contributed by atoms with E-state index in [2.05, 4.69) is 5.48 Å². The van der Waals surface area contributed by atoms with Gasteiger partial charge in [-0.15, -0.1) is 0 Å². The summed E-state index contributed by atoms with van der Waals surface area (Å²) in [7, 11) is 1.75. The molecule has 0 saturated carbocycles. The minimum Gasteiger partial charge on any atom is -0.443 e. The summed E-state index contributed by atoms with van der Waals surface area (Å²) in [4.78, 5) is 18.4. The first-order valence-electron chi connectivity index (χ1n) is 6.80. The molecular formula is C14H21N3O3. The molecule has 1 aromatic carbocycles. The van der Waals surface area contributed by atoms with E-state index in [0.717, 1.165) is 18.5 Å². The molecule has 20 heavy (non-hydrogen) atoms. The van der Waals surface area contributed by atoms with Crippen molar-refractivity contribution in [2.24, 2.45) is 5.73 Å². The van der Waals surface area contributed by atoms with Gasteiger partial charge in [0, 0.05) is 19.3 Å². The van der Waals surface area contributed by atoms with Crippen LogP contribution in [0.3, 0.4) is 0 Å². The van der Waals surface area contributed by atoms with E-state index in [4.69, 9.17) is 15.3 Å². The number of rotatable bonds is 7. The number of amides is 1. The monoisotopic (exact) mass is 279 g/mol. The van der Waals surface area contributed by atoms with Gasteiger partial charge in [-0.05, 0) is 30.5 Å². The standard InChI is InChI=1S/C14H21N3O3/c1-16-19-8-2-3-11-4-6-12(7-5-11)17-10-13(9-15)20-14(17)18/h4-7,13,16H,2-3,8-10,15H2,1H3/t13-/m0/s1. The second-order valence-electron chi connectivity index (χ2n) is 4.67. The second-order valence-corrected chi connectivity index (χ2v) is 4.67. The molecule has 3 N–H and O–H groups in total. The van der Waals surface area contributed by atoms with Gasteiger partial charge in [0.2, 0.25) is 0 Å². The molecule has 6 heteroatoms. The summed E-state index contributed by atoms with van der Waals surface area (Å²) in [5.41, 5.74) is 10.2. The number of anilines is 1. The van der Waals surface area contributed by atoms with Crippen LogP contribution in [-0.4, -0.2) is 38.9 Å². The molecule has 0 radical (unpaired) electrons. The Morgan fingerprint density at radius 3 is 2.80 bits per heavy atom. The van der Waals surface area contributed by atoms with E-state index in [0.29, 0.717) is 19.7 Å². The minimum absolute atomic E-state index is 0.208. The van der Waals surface area contributed by atoms with E-state index in [1.807, 2.05) is 24.3 Å². The van der Waals surface area contributed by atoms with Gasteiger partial charge in [-0.1, -0.05) is 12.1 Å². The highest BCUT2D eigenvalue weighted by Crippen LogP contribution is 2.22. The van der Waals surface area contributed by atoms with Crippen LogP contribution in [-0.2, 0) is 16.0 Å². The van der Waals surface area contributed by atoms with Crippen LogP contribution in [0.15, 0.2) is 24.3 Å². The van der Waals surface area contributed by atoms with Crippen molar-refractivity contribution in [2.75, 3.05) is 31.6 Å². The number of hydrogen-bond donors (Lipinski definition) is 2. The van der Waals surface area contributed by atoms with Crippen LogP contribution < -0.4 is 16.1 Å². The topological polar surface area (TPSA) is 76.8 Å². The lowest BCUT2D eigenvalue weighted by atomic mass is 10.1. The lowest BCUT2D eigenvalue weighted by molar-refractivity contribution is 0.0564. The molecule has 1 aromatic rings. The highest BCUT2D eigenvalue weighted by Gasteiger charge is 2.31. The number of hydrogen-bond acceptors (Lipinski definition) is 5. The Bertz CT molecular complexity index is 436. The molecule has 1 amide bonds. The van der Waals surface area contributed by atoms with Crippen molar-refractivity contribution in [3.63, 3.8) is 0 Å². The van der Waals surface area contributed by atoms with Gasteiger partial charge >= 0.3 is 6.09 Å². The van der Waals surface area contributed by atoms with Crippen LogP contribution in [0.25, 0.3) is 0 Å². The molecule has 1 saturated heterocycles. The first-order chi connectivity index (χ1) is 9.74. The first-order valence-corrected chi connectivity index (χ1v) is 6.80. The number of benzene rings is 1. The highest BCUT2D eigenvalue weighted by molar-refractivity contribution is 5.89. The zero-order chi connectivity index (χ0) is 14.4. The zero-order valence-electron chi connectivity index (χ0n) is 11.7. The zero-order valence-corrected chi connectivity index (χ0v) is 11.7. The number of carbonyl (C=O) groups excluding carboxylic acids is 1. The highest BCUT2D eigenvalue weighted by atomic mass is 16.6. The summed E-state index contributed by atoms with van der Waals surface area (Å²) < 4.78 is 5.14. The van der Waals surface area contributed by atoms with E-state index in [9.17, 15) is 4.79 Å². The smallest absolute Gasteiger partial charge is 0.414 e. The molecule has 0 spiro atoms. The lowest BCUT2D eigenvalue weighted by Gasteiger charge is -2.13. The van der Waals surface area contributed by atoms with Gasteiger partial charge in [0.1, 0.15) is 6.10 Å². The number of nitrogens with one attached hydrogen (secondary N) is 1. The Labute approximate surface area is 118 Å². The van der Waals surface area contributed by atoms with Crippen molar-refractivity contribution in [3.05, 3.63) is 29.8 Å². The van der Waals surface area contributed by atoms with Crippen molar-refractivity contribution >= 4 is 11.8 Å². The summed E-state index contributed by atoms with van der Waals surface area (Å²) in [6.45, 7) is 1.55. The van der Waals surface area contributed by atoms with Crippen LogP contribution in [0.1, 0.15) is 12.0 Å². The van der Waals surface area contributed by atoms with Crippen LogP contribution in [0.2, 0.25) is 0 Å². The molecule has 1 heterocycles. The molecule has 1 aliphatic rings. The fourth-order valence-electron chi connectivity index (χ4n) is 2.15. The maximum atomic E-state index is 11.7. The molecule has 0 unspecified atom stereocenters. The number of carbonyl (C=O) groups is 1. The number of ether oxygens (including phenoxy) is 1. The van der Waals surface area contributed by atoms with Gasteiger partial charge in [-0.2, -0.15) is 0 Å². The van der Waals surface area contributed by atoms with Crippen LogP contribution in [0.4, 0.5) is 10.5 Å². The molecule has 110 valence electrons. The minimum atomic E-state index is -0.323. The molecule has 1 fully saturated rings. The Balaban J connectivity index is 1.89. The predicted molar refractivity (Wildman–Crippen MR) is 76.4 cm³/mol. The van der Waals surface area contributed by atoms with E-state index in [1.54, 1.807) is 11.9 Å². The van der Waals surface area contributed by atoms with Crippen LogP contribution in [0.5, 0.6) is 0 Å². The molecule has 2 rings (SSSR count). The Morgan fingerprint density at radius 2 is 2.20 bits per heavy atom. The lowest BCUT2D eigenvalue weighted by Crippen LogP contribution is -2.27. The van der Waals surface area contributed by atoms with Gasteiger partial charge in [0.15, 0.2) is 0 Å². The summed E-state index contributed by atoms with van der Waals surface area (Å²) in [5.74, 6) is 0. The Morgan fingerprint density at radius 1 is 1.45 bits per heavy atom. The number of nitrogens with zero attached hydrogens (tertiary/aromatic N) is 1. The number of aryl methyl sites for hydroxylation is 1. The fourth-order valence-corrected chi connectivity index (χ4v) is 2.15. The maximum absolute atomic E-state index is 11.7. The van der Waals surface area contributed by atoms with Crippen LogP contribution >= 0.6 is 0 Å². The maximum Gasteiger partial charge on any atom is 0.414 e. The molecular weight excluding hydrogens is 258 g/mol. The molecule has 0 aromatic heterocycles. The summed E-state index contributed by atoms with van der Waals surface area (Å²) in [6, 6.07) is 7.93. The van der Waals surface area contributed by atoms with Crippen LogP contribution in [0, 0.1) is 0 Å². The molecule has 1 aliphatic heterocycles. The van der Waals surface area contributed by atoms with E-state index >= 15 is 0 Å². The van der Waals surface area contributed by atoms with Crippen molar-refractivity contribution in [1.82, 2.24) is 5.48 Å². The van der Waals surface area contributed by atoms with Gasteiger partial charge in [-0.25, -0.2) is 10.3 Å². The number of cyclic esters (lactones) is 1. The number of hydroxylamine groups is 1. The average Bonchev–Trinajstić information content (AvgIpc) is 2.85. The third kappa shape index (κ3) is 3.69. The largest absolute Gasteiger partial charge is 0.443 e. The quantitative estimate of drug-likeness (QED) is 0.576. The van der Waals surface area contributed by atoms with Crippen molar-refractivity contribution in [2.45, 2.75) is 18.9 Å². The van der Waals surface area contributed by atoms with Gasteiger partial charge < -0.3 is 15.3 Å². The SMILES string of the molecule is CNOCCCc1ccc(N2C[C@H](CN)OC2=O)cc1. The third-order valence-electron chi connectivity index (χ3n) is 3.24. The predicted octanol–water partition coefficient (Wildman–Crippen LogP) is 1.05. The third-order valence-corrected chi connectivity index (χ3v) is 3.24. The summed E-state index contributed by atoms with van der Waals surface area (Å²) >= 11 is 0. The van der Waals surface area contributed by atoms with Gasteiger partial charge in [0.25, 0.3) is 0 Å². The first kappa shape index (κ1) is 14.8. The van der Waals surface area contributed by atoms with Crippen molar-refractivity contribution in [1.29, 1.82) is 0 Å². The van der Waals surface area contributed by atoms with E-state index in [-0.39, 0.29) is 12.2 Å². The van der Waals surface area contributed by atoms with Gasteiger partial charge in [0.05, 0.1) is 13.2 Å². The summed E-state index contributed by atoms with van der Waals surface area (Å²) in [5, 5.41) is 0. The Hall–Kier alpha value is -1.63. The summed E-state index contributed by atoms with van der Waals surface area (Å²) in [6.07, 6.45) is 1.36. The molecule has 6 nitrogen and oxygen atoms in total. The number of nitrogens with two attached hydrogens (primary N) is 1. The average molecular weight is 279 g/mol.